The number of nitrogens with zero attached hydrogens (tertiary/aromatic N) is 5. The first-order chi connectivity index (χ1) is 14.7. The maximum absolute atomic E-state index is 12.3. The first-order valence-corrected chi connectivity index (χ1v) is 10.3. The second-order valence-corrected chi connectivity index (χ2v) is 7.71. The van der Waals surface area contributed by atoms with Crippen LogP contribution in [0.5, 0.6) is 6.01 Å². The second-order valence-electron chi connectivity index (χ2n) is 7.71. The van der Waals surface area contributed by atoms with Crippen LogP contribution < -0.4 is 20.5 Å². The molecule has 2 aliphatic heterocycles. The Bertz CT molecular complexity index is 1080. The van der Waals surface area contributed by atoms with Gasteiger partial charge in [0.05, 0.1) is 19.4 Å². The van der Waals surface area contributed by atoms with E-state index < -0.39 is 0 Å². The van der Waals surface area contributed by atoms with Crippen molar-refractivity contribution >= 4 is 11.9 Å². The van der Waals surface area contributed by atoms with Crippen molar-refractivity contribution in [2.24, 2.45) is 5.92 Å². The van der Waals surface area contributed by atoms with E-state index in [9.17, 15) is 4.79 Å². The van der Waals surface area contributed by atoms with Crippen molar-refractivity contribution in [3.8, 4) is 6.01 Å². The number of pyridine rings is 1. The number of piperidine rings is 1. The van der Waals surface area contributed by atoms with Crippen LogP contribution in [0.1, 0.15) is 30.7 Å². The Balaban J connectivity index is 1.41. The highest BCUT2D eigenvalue weighted by Gasteiger charge is 2.35. The first-order valence-electron chi connectivity index (χ1n) is 10.3. The Morgan fingerprint density at radius 3 is 2.93 bits per heavy atom. The molecule has 1 N–H and O–H groups in total. The molecular formula is C21H24N6O3. The van der Waals surface area contributed by atoms with E-state index in [0.717, 1.165) is 37.5 Å². The number of ether oxygens (including phenoxy) is 1. The van der Waals surface area contributed by atoms with Crippen LogP contribution in [0, 0.1) is 5.92 Å². The lowest BCUT2D eigenvalue weighted by Crippen LogP contribution is -2.47. The van der Waals surface area contributed by atoms with Crippen molar-refractivity contribution in [3.05, 3.63) is 58.4 Å². The summed E-state index contributed by atoms with van der Waals surface area (Å²) in [4.78, 5) is 28.0. The first kappa shape index (κ1) is 18.7. The van der Waals surface area contributed by atoms with Crippen LogP contribution >= 0.6 is 0 Å². The molecule has 0 aromatic carbocycles. The van der Waals surface area contributed by atoms with Crippen LogP contribution in [0.15, 0.2) is 45.8 Å². The van der Waals surface area contributed by atoms with Crippen molar-refractivity contribution in [3.63, 3.8) is 0 Å². The molecule has 3 aromatic rings. The largest absolute Gasteiger partial charge is 0.467 e. The van der Waals surface area contributed by atoms with Gasteiger partial charge in [-0.15, -0.1) is 0 Å². The standard InChI is InChI=1S/C21H24N6O3/c1-2-29-21-24-19(22-10-16-5-4-8-30-16)23-20(25-21)26-11-14-9-15(13-26)17-6-3-7-18(28)27(17)12-14/h3-8,14-15H,2,9-13H2,1H3,(H,22,23,24,25)/t14-,15+/m0/s1. The van der Waals surface area contributed by atoms with E-state index in [1.807, 2.05) is 29.7 Å². The zero-order valence-corrected chi connectivity index (χ0v) is 16.8. The normalized spacial score (nSPS) is 20.0. The van der Waals surface area contributed by atoms with Gasteiger partial charge in [0.25, 0.3) is 5.56 Å². The second kappa shape index (κ2) is 7.81. The molecule has 9 nitrogen and oxygen atoms in total. The van der Waals surface area contributed by atoms with Gasteiger partial charge in [-0.05, 0) is 37.5 Å². The minimum Gasteiger partial charge on any atom is -0.467 e. The smallest absolute Gasteiger partial charge is 0.323 e. The van der Waals surface area contributed by atoms with Gasteiger partial charge in [0.2, 0.25) is 11.9 Å². The molecule has 3 aromatic heterocycles. The van der Waals surface area contributed by atoms with Gasteiger partial charge in [0, 0.05) is 37.3 Å². The molecule has 0 aliphatic carbocycles. The molecule has 0 saturated carbocycles. The lowest BCUT2D eigenvalue weighted by atomic mass is 9.83. The van der Waals surface area contributed by atoms with Gasteiger partial charge in [-0.25, -0.2) is 0 Å². The van der Waals surface area contributed by atoms with Gasteiger partial charge in [-0.2, -0.15) is 15.0 Å². The Kier molecular flexibility index (Phi) is 4.86. The van der Waals surface area contributed by atoms with Crippen LogP contribution in [-0.4, -0.2) is 39.2 Å². The molecule has 156 valence electrons. The lowest BCUT2D eigenvalue weighted by molar-refractivity contribution is 0.277. The summed E-state index contributed by atoms with van der Waals surface area (Å²) in [7, 11) is 0. The van der Waals surface area contributed by atoms with Crippen LogP contribution in [0.25, 0.3) is 0 Å². The van der Waals surface area contributed by atoms with Gasteiger partial charge in [-0.1, -0.05) is 6.07 Å². The molecular weight excluding hydrogens is 384 g/mol. The molecule has 2 bridgehead atoms. The molecule has 0 unspecified atom stereocenters. The van der Waals surface area contributed by atoms with E-state index in [4.69, 9.17) is 9.15 Å². The monoisotopic (exact) mass is 408 g/mol. The average Bonchev–Trinajstić information content (AvgIpc) is 3.27. The predicted molar refractivity (Wildman–Crippen MR) is 111 cm³/mol. The topological polar surface area (TPSA) is 98.3 Å². The minimum atomic E-state index is 0.0823. The number of rotatable bonds is 6. The van der Waals surface area contributed by atoms with Crippen LogP contribution in [0.4, 0.5) is 11.9 Å². The molecule has 0 radical (unpaired) electrons. The van der Waals surface area contributed by atoms with Gasteiger partial charge >= 0.3 is 6.01 Å². The summed E-state index contributed by atoms with van der Waals surface area (Å²) in [5, 5.41) is 3.19. The van der Waals surface area contributed by atoms with E-state index in [-0.39, 0.29) is 11.5 Å². The number of hydrogen-bond acceptors (Lipinski definition) is 8. The Hall–Kier alpha value is -3.36. The zero-order chi connectivity index (χ0) is 20.5. The molecule has 2 aliphatic rings. The molecule has 0 spiro atoms. The Morgan fingerprint density at radius 2 is 2.10 bits per heavy atom. The SMILES string of the molecule is CCOc1nc(NCc2ccco2)nc(N2C[C@@H]3C[C@H](C2)c2cccc(=O)n2C3)n1. The fraction of sp³-hybridized carbons (Fsp3) is 0.429. The summed E-state index contributed by atoms with van der Waals surface area (Å²) < 4.78 is 12.9. The number of furan rings is 1. The van der Waals surface area contributed by atoms with Gasteiger partial charge in [0.1, 0.15) is 5.76 Å². The minimum absolute atomic E-state index is 0.0823. The maximum Gasteiger partial charge on any atom is 0.323 e. The fourth-order valence-corrected chi connectivity index (χ4v) is 4.40. The molecule has 30 heavy (non-hydrogen) atoms. The number of aromatic nitrogens is 4. The molecule has 2 atom stereocenters. The molecule has 5 heterocycles. The molecule has 5 rings (SSSR count). The highest BCUT2D eigenvalue weighted by Crippen LogP contribution is 2.36. The number of nitrogens with one attached hydrogen (secondary N) is 1. The van der Waals surface area contributed by atoms with Crippen molar-refractivity contribution in [1.29, 1.82) is 0 Å². The third-order valence-corrected chi connectivity index (χ3v) is 5.64. The number of anilines is 2. The van der Waals surface area contributed by atoms with E-state index in [0.29, 0.717) is 37.0 Å². The summed E-state index contributed by atoms with van der Waals surface area (Å²) >= 11 is 0. The zero-order valence-electron chi connectivity index (χ0n) is 16.8. The molecule has 0 amide bonds. The number of fused-ring (bicyclic) bond motifs is 4. The van der Waals surface area contributed by atoms with Gasteiger partial charge in [0.15, 0.2) is 0 Å². The summed E-state index contributed by atoms with van der Waals surface area (Å²) in [5.41, 5.74) is 1.18. The third-order valence-electron chi connectivity index (χ3n) is 5.64. The van der Waals surface area contributed by atoms with Crippen molar-refractivity contribution in [1.82, 2.24) is 19.5 Å². The summed E-state index contributed by atoms with van der Waals surface area (Å²) in [6.07, 6.45) is 2.71. The lowest BCUT2D eigenvalue weighted by Gasteiger charge is -2.42. The summed E-state index contributed by atoms with van der Waals surface area (Å²) in [5.74, 6) is 2.50. The van der Waals surface area contributed by atoms with Crippen LogP contribution in [-0.2, 0) is 13.1 Å². The quantitative estimate of drug-likeness (QED) is 0.663. The predicted octanol–water partition coefficient (Wildman–Crippen LogP) is 2.26. The Labute approximate surface area is 173 Å². The third kappa shape index (κ3) is 3.62. The van der Waals surface area contributed by atoms with Crippen molar-refractivity contribution < 1.29 is 9.15 Å². The summed E-state index contributed by atoms with van der Waals surface area (Å²) in [6.45, 7) is 5.14. The van der Waals surface area contributed by atoms with Crippen molar-refractivity contribution in [2.75, 3.05) is 29.9 Å². The highest BCUT2D eigenvalue weighted by molar-refractivity contribution is 5.40. The van der Waals surface area contributed by atoms with E-state index in [1.165, 1.54) is 0 Å². The molecule has 1 saturated heterocycles. The number of hydrogen-bond donors (Lipinski definition) is 1. The van der Waals surface area contributed by atoms with Crippen LogP contribution in [0.2, 0.25) is 0 Å². The highest BCUT2D eigenvalue weighted by atomic mass is 16.5. The van der Waals surface area contributed by atoms with E-state index in [1.54, 1.807) is 12.3 Å². The van der Waals surface area contributed by atoms with Gasteiger partial charge in [-0.3, -0.25) is 4.79 Å². The molecule has 9 heteroatoms. The summed E-state index contributed by atoms with van der Waals surface area (Å²) in [6, 6.07) is 9.58. The average molecular weight is 408 g/mol. The Morgan fingerprint density at radius 1 is 1.17 bits per heavy atom. The van der Waals surface area contributed by atoms with Crippen molar-refractivity contribution in [2.45, 2.75) is 32.4 Å². The van der Waals surface area contributed by atoms with E-state index >= 15 is 0 Å². The fourth-order valence-electron chi connectivity index (χ4n) is 4.40. The maximum atomic E-state index is 12.3. The van der Waals surface area contributed by atoms with E-state index in [2.05, 4.69) is 31.2 Å². The van der Waals surface area contributed by atoms with Crippen LogP contribution in [0.3, 0.4) is 0 Å². The van der Waals surface area contributed by atoms with Gasteiger partial charge < -0.3 is 23.9 Å². The molecule has 1 fully saturated rings.